The number of hydrogen-bond donors (Lipinski definition) is 1. The van der Waals surface area contributed by atoms with Gasteiger partial charge in [0.05, 0.1) is 12.4 Å². The maximum Gasteiger partial charge on any atom is 0.356 e. The minimum absolute atomic E-state index is 0.0193. The van der Waals surface area contributed by atoms with Gasteiger partial charge in [0.1, 0.15) is 12.4 Å². The van der Waals surface area contributed by atoms with E-state index in [0.717, 1.165) is 5.75 Å². The van der Waals surface area contributed by atoms with E-state index in [-0.39, 0.29) is 11.7 Å². The van der Waals surface area contributed by atoms with E-state index in [0.29, 0.717) is 6.61 Å². The second kappa shape index (κ2) is 5.35. The van der Waals surface area contributed by atoms with Crippen LogP contribution in [0.3, 0.4) is 0 Å². The van der Waals surface area contributed by atoms with Crippen LogP contribution in [0.15, 0.2) is 42.9 Å². The summed E-state index contributed by atoms with van der Waals surface area (Å²) in [6, 6.07) is 9.50. The quantitative estimate of drug-likeness (QED) is 0.878. The summed E-state index contributed by atoms with van der Waals surface area (Å²) < 4.78 is 7.32. The highest BCUT2D eigenvalue weighted by molar-refractivity contribution is 5.84. The summed E-state index contributed by atoms with van der Waals surface area (Å²) in [5, 5.41) is 8.78. The standard InChI is InChI=1S/C13H14N2O3/c1-10(8-18-11-5-3-2-4-6-11)15-7-12(13(16)17)14-9-15/h2-7,9-10H,8H2,1H3,(H,16,17)/t10-/m0/s1. The molecule has 2 rings (SSSR count). The monoisotopic (exact) mass is 246 g/mol. The van der Waals surface area contributed by atoms with Crippen LogP contribution in [0.2, 0.25) is 0 Å². The smallest absolute Gasteiger partial charge is 0.356 e. The first-order valence-electron chi connectivity index (χ1n) is 5.61. The number of aromatic nitrogens is 2. The van der Waals surface area contributed by atoms with Gasteiger partial charge in [0.2, 0.25) is 0 Å². The average molecular weight is 246 g/mol. The van der Waals surface area contributed by atoms with Gasteiger partial charge in [0, 0.05) is 6.20 Å². The highest BCUT2D eigenvalue weighted by Gasteiger charge is 2.11. The molecule has 5 nitrogen and oxygen atoms in total. The molecule has 18 heavy (non-hydrogen) atoms. The van der Waals surface area contributed by atoms with Gasteiger partial charge in [-0.3, -0.25) is 0 Å². The van der Waals surface area contributed by atoms with Crippen LogP contribution in [0.25, 0.3) is 0 Å². The predicted octanol–water partition coefficient (Wildman–Crippen LogP) is 2.22. The Hall–Kier alpha value is -2.30. The number of ether oxygens (including phenoxy) is 1. The lowest BCUT2D eigenvalue weighted by Gasteiger charge is -2.14. The van der Waals surface area contributed by atoms with Crippen LogP contribution < -0.4 is 4.74 Å². The van der Waals surface area contributed by atoms with Gasteiger partial charge < -0.3 is 14.4 Å². The molecule has 1 aromatic heterocycles. The second-order valence-electron chi connectivity index (χ2n) is 3.98. The molecular formula is C13H14N2O3. The zero-order valence-corrected chi connectivity index (χ0v) is 9.98. The van der Waals surface area contributed by atoms with Crippen LogP contribution in [-0.4, -0.2) is 27.2 Å². The van der Waals surface area contributed by atoms with Crippen molar-refractivity contribution in [3.05, 3.63) is 48.5 Å². The van der Waals surface area contributed by atoms with Crippen molar-refractivity contribution in [1.29, 1.82) is 0 Å². The fourth-order valence-electron chi connectivity index (χ4n) is 1.51. The summed E-state index contributed by atoms with van der Waals surface area (Å²) in [4.78, 5) is 14.5. The highest BCUT2D eigenvalue weighted by atomic mass is 16.5. The zero-order valence-electron chi connectivity index (χ0n) is 9.98. The molecule has 0 radical (unpaired) electrons. The number of hydrogen-bond acceptors (Lipinski definition) is 3. The van der Waals surface area contributed by atoms with E-state index in [1.165, 1.54) is 12.5 Å². The van der Waals surface area contributed by atoms with Crippen molar-refractivity contribution in [3.63, 3.8) is 0 Å². The molecule has 0 aliphatic heterocycles. The van der Waals surface area contributed by atoms with Crippen molar-refractivity contribution in [2.45, 2.75) is 13.0 Å². The Bertz CT molecular complexity index is 522. The van der Waals surface area contributed by atoms with Gasteiger partial charge in [0.25, 0.3) is 0 Å². The summed E-state index contributed by atoms with van der Waals surface area (Å²) in [5.41, 5.74) is 0.0431. The maximum absolute atomic E-state index is 10.7. The summed E-state index contributed by atoms with van der Waals surface area (Å²) in [7, 11) is 0. The summed E-state index contributed by atoms with van der Waals surface area (Å²) >= 11 is 0. The Morgan fingerprint density at radius 1 is 1.44 bits per heavy atom. The van der Waals surface area contributed by atoms with Gasteiger partial charge in [-0.05, 0) is 19.1 Å². The van der Waals surface area contributed by atoms with Gasteiger partial charge >= 0.3 is 5.97 Å². The zero-order chi connectivity index (χ0) is 13.0. The first-order chi connectivity index (χ1) is 8.66. The molecule has 5 heteroatoms. The second-order valence-corrected chi connectivity index (χ2v) is 3.98. The molecule has 0 fully saturated rings. The van der Waals surface area contributed by atoms with Crippen LogP contribution in [-0.2, 0) is 0 Å². The molecule has 0 aliphatic carbocycles. The molecule has 0 saturated heterocycles. The first-order valence-corrected chi connectivity index (χ1v) is 5.61. The third kappa shape index (κ3) is 2.88. The Balaban J connectivity index is 1.95. The third-order valence-corrected chi connectivity index (χ3v) is 2.56. The number of imidazole rings is 1. The van der Waals surface area contributed by atoms with Crippen LogP contribution in [0.5, 0.6) is 5.75 Å². The van der Waals surface area contributed by atoms with E-state index >= 15 is 0 Å². The molecule has 1 aromatic carbocycles. The van der Waals surface area contributed by atoms with E-state index in [1.54, 1.807) is 4.57 Å². The molecule has 0 amide bonds. The third-order valence-electron chi connectivity index (χ3n) is 2.56. The van der Waals surface area contributed by atoms with Gasteiger partial charge in [0.15, 0.2) is 5.69 Å². The molecule has 0 saturated carbocycles. The lowest BCUT2D eigenvalue weighted by atomic mass is 10.3. The van der Waals surface area contributed by atoms with Gasteiger partial charge in [-0.15, -0.1) is 0 Å². The Kier molecular flexibility index (Phi) is 3.62. The van der Waals surface area contributed by atoms with E-state index < -0.39 is 5.97 Å². The first kappa shape index (κ1) is 12.2. The van der Waals surface area contributed by atoms with E-state index in [2.05, 4.69) is 4.98 Å². The molecule has 1 atom stereocenters. The lowest BCUT2D eigenvalue weighted by molar-refractivity contribution is 0.0691. The minimum atomic E-state index is -1.02. The molecule has 1 N–H and O–H groups in total. The average Bonchev–Trinajstić information content (AvgIpc) is 2.87. The van der Waals surface area contributed by atoms with Gasteiger partial charge in [-0.2, -0.15) is 0 Å². The molecule has 0 bridgehead atoms. The number of carboxylic acids is 1. The Morgan fingerprint density at radius 3 is 2.78 bits per heavy atom. The maximum atomic E-state index is 10.7. The van der Waals surface area contributed by atoms with Crippen LogP contribution >= 0.6 is 0 Å². The number of nitrogens with zero attached hydrogens (tertiary/aromatic N) is 2. The van der Waals surface area contributed by atoms with E-state index in [9.17, 15) is 4.79 Å². The molecule has 1 heterocycles. The van der Waals surface area contributed by atoms with E-state index in [4.69, 9.17) is 9.84 Å². The normalized spacial score (nSPS) is 12.1. The van der Waals surface area contributed by atoms with E-state index in [1.807, 2.05) is 37.3 Å². The van der Waals surface area contributed by atoms with Gasteiger partial charge in [-0.25, -0.2) is 9.78 Å². The number of benzene rings is 1. The minimum Gasteiger partial charge on any atom is -0.491 e. The number of aromatic carboxylic acids is 1. The Labute approximate surface area is 105 Å². The number of carboxylic acid groups (broad SMARTS) is 1. The largest absolute Gasteiger partial charge is 0.491 e. The lowest BCUT2D eigenvalue weighted by Crippen LogP contribution is -2.12. The molecule has 0 spiro atoms. The number of carbonyl (C=O) groups is 1. The summed E-state index contributed by atoms with van der Waals surface area (Å²) in [6.45, 7) is 2.40. The van der Waals surface area contributed by atoms with Crippen LogP contribution in [0, 0.1) is 0 Å². The summed E-state index contributed by atoms with van der Waals surface area (Å²) in [5.74, 6) is -0.229. The number of rotatable bonds is 5. The van der Waals surface area contributed by atoms with Crippen molar-refractivity contribution < 1.29 is 14.6 Å². The van der Waals surface area contributed by atoms with Crippen molar-refractivity contribution in [3.8, 4) is 5.75 Å². The van der Waals surface area contributed by atoms with Crippen molar-refractivity contribution in [2.75, 3.05) is 6.61 Å². The topological polar surface area (TPSA) is 64.4 Å². The SMILES string of the molecule is C[C@@H](COc1ccccc1)n1cnc(C(=O)O)c1. The molecule has 0 aliphatic rings. The fraction of sp³-hybridized carbons (Fsp3) is 0.231. The molecular weight excluding hydrogens is 232 g/mol. The van der Waals surface area contributed by atoms with Crippen LogP contribution in [0.4, 0.5) is 0 Å². The van der Waals surface area contributed by atoms with Crippen LogP contribution in [0.1, 0.15) is 23.5 Å². The van der Waals surface area contributed by atoms with Crippen molar-refractivity contribution in [2.24, 2.45) is 0 Å². The predicted molar refractivity (Wildman–Crippen MR) is 65.8 cm³/mol. The highest BCUT2D eigenvalue weighted by Crippen LogP contribution is 2.13. The van der Waals surface area contributed by atoms with Crippen molar-refractivity contribution >= 4 is 5.97 Å². The molecule has 0 unspecified atom stereocenters. The fourth-order valence-corrected chi connectivity index (χ4v) is 1.51. The number of para-hydroxylation sites is 1. The Morgan fingerprint density at radius 2 is 2.17 bits per heavy atom. The molecule has 2 aromatic rings. The summed E-state index contributed by atoms with van der Waals surface area (Å²) in [6.07, 6.45) is 3.00. The van der Waals surface area contributed by atoms with Gasteiger partial charge in [-0.1, -0.05) is 18.2 Å². The van der Waals surface area contributed by atoms with Crippen molar-refractivity contribution in [1.82, 2.24) is 9.55 Å². The molecule has 94 valence electrons.